The van der Waals surface area contributed by atoms with Crippen molar-refractivity contribution in [3.8, 4) is 0 Å². The van der Waals surface area contributed by atoms with Crippen molar-refractivity contribution in [2.24, 2.45) is 4.99 Å². The van der Waals surface area contributed by atoms with Crippen LogP contribution in [0.2, 0.25) is 5.02 Å². The predicted molar refractivity (Wildman–Crippen MR) is 166 cm³/mol. The fourth-order valence-corrected chi connectivity index (χ4v) is 5.51. The van der Waals surface area contributed by atoms with Crippen molar-refractivity contribution < 1.29 is 14.3 Å². The average Bonchev–Trinajstić information content (AvgIpc) is 3.08. The largest absolute Gasteiger partial charge is 0.449 e. The van der Waals surface area contributed by atoms with E-state index in [0.717, 1.165) is 33.6 Å². The average molecular weight is 568 g/mol. The maximum Gasteiger partial charge on any atom is 0.290 e. The molecule has 4 aromatic rings. The molecule has 7 heteroatoms. The van der Waals surface area contributed by atoms with Crippen LogP contribution in [0, 0.1) is 0 Å². The van der Waals surface area contributed by atoms with Crippen LogP contribution >= 0.6 is 11.6 Å². The normalized spacial score (nSPS) is 19.9. The lowest BCUT2D eigenvalue weighted by atomic mass is 9.86. The van der Waals surface area contributed by atoms with Crippen molar-refractivity contribution in [2.75, 3.05) is 30.4 Å². The number of carbonyl (C=O) groups is 1. The molecule has 2 atom stereocenters. The molecule has 2 heterocycles. The molecule has 41 heavy (non-hydrogen) atoms. The molecule has 210 valence electrons. The van der Waals surface area contributed by atoms with E-state index in [9.17, 15) is 4.79 Å². The number of hydrogen-bond donors (Lipinski definition) is 1. The first kappa shape index (κ1) is 28.4. The summed E-state index contributed by atoms with van der Waals surface area (Å²) >= 11 is 6.18. The van der Waals surface area contributed by atoms with Gasteiger partial charge in [-0.05, 0) is 62.2 Å². The van der Waals surface area contributed by atoms with Crippen molar-refractivity contribution in [3.63, 3.8) is 0 Å². The molecule has 0 aromatic heterocycles. The summed E-state index contributed by atoms with van der Waals surface area (Å²) in [6.45, 7) is 7.27. The van der Waals surface area contributed by atoms with Crippen LogP contribution in [0.25, 0.3) is 0 Å². The summed E-state index contributed by atoms with van der Waals surface area (Å²) in [6, 6.07) is 32.0. The van der Waals surface area contributed by atoms with Gasteiger partial charge < -0.3 is 19.7 Å². The second-order valence-corrected chi connectivity index (χ2v) is 10.4. The van der Waals surface area contributed by atoms with Gasteiger partial charge >= 0.3 is 0 Å². The SMILES string of the molecule is CCN=C1Nc2ccc(Cl)cc2C(C)(c2ccccc2)O1.CCOC1c2ccccc2C(=O)N(C)c2ccccc21. The van der Waals surface area contributed by atoms with Gasteiger partial charge in [0, 0.05) is 53.3 Å². The molecule has 2 aliphatic heterocycles. The van der Waals surface area contributed by atoms with E-state index in [4.69, 9.17) is 21.1 Å². The molecule has 1 amide bonds. The molecule has 6 nitrogen and oxygen atoms in total. The van der Waals surface area contributed by atoms with Crippen LogP contribution in [-0.4, -0.2) is 32.1 Å². The van der Waals surface area contributed by atoms with E-state index in [0.29, 0.717) is 29.8 Å². The first-order valence-corrected chi connectivity index (χ1v) is 14.2. The monoisotopic (exact) mass is 567 g/mol. The zero-order valence-corrected chi connectivity index (χ0v) is 24.5. The third kappa shape index (κ3) is 5.58. The van der Waals surface area contributed by atoms with E-state index in [1.54, 1.807) is 4.90 Å². The number of benzene rings is 4. The molecule has 1 N–H and O–H groups in total. The molecule has 6 rings (SSSR count). The highest BCUT2D eigenvalue weighted by Crippen LogP contribution is 2.42. The summed E-state index contributed by atoms with van der Waals surface area (Å²) in [4.78, 5) is 18.7. The molecule has 2 unspecified atom stereocenters. The molecule has 0 saturated heterocycles. The Morgan fingerprint density at radius 2 is 1.63 bits per heavy atom. The molecular weight excluding hydrogens is 534 g/mol. The zero-order valence-electron chi connectivity index (χ0n) is 23.7. The minimum Gasteiger partial charge on any atom is -0.449 e. The fraction of sp³-hybridized carbons (Fsp3) is 0.235. The number of rotatable bonds is 4. The smallest absolute Gasteiger partial charge is 0.290 e. The summed E-state index contributed by atoms with van der Waals surface area (Å²) in [6.07, 6.45) is -0.193. The molecule has 0 aliphatic carbocycles. The Kier molecular flexibility index (Phi) is 8.43. The van der Waals surface area contributed by atoms with Crippen LogP contribution in [0.15, 0.2) is 102 Å². The Morgan fingerprint density at radius 3 is 2.37 bits per heavy atom. The fourth-order valence-electron chi connectivity index (χ4n) is 5.33. The predicted octanol–water partition coefficient (Wildman–Crippen LogP) is 7.82. The van der Waals surface area contributed by atoms with E-state index >= 15 is 0 Å². The van der Waals surface area contributed by atoms with E-state index in [2.05, 4.69) is 22.4 Å². The van der Waals surface area contributed by atoms with Crippen molar-refractivity contribution in [1.82, 2.24) is 0 Å². The van der Waals surface area contributed by atoms with Crippen molar-refractivity contribution in [1.29, 1.82) is 0 Å². The Balaban J connectivity index is 0.000000165. The van der Waals surface area contributed by atoms with E-state index in [1.165, 1.54) is 0 Å². The van der Waals surface area contributed by atoms with Gasteiger partial charge in [0.15, 0.2) is 5.60 Å². The first-order valence-electron chi connectivity index (χ1n) is 13.8. The van der Waals surface area contributed by atoms with Crippen molar-refractivity contribution >= 4 is 34.9 Å². The zero-order chi connectivity index (χ0) is 29.0. The molecule has 0 fully saturated rings. The van der Waals surface area contributed by atoms with Gasteiger partial charge in [0.1, 0.15) is 6.10 Å². The van der Waals surface area contributed by atoms with Crippen LogP contribution in [0.1, 0.15) is 59.5 Å². The van der Waals surface area contributed by atoms with Gasteiger partial charge in [-0.1, -0.05) is 78.3 Å². The summed E-state index contributed by atoms with van der Waals surface area (Å²) in [7, 11) is 1.81. The van der Waals surface area contributed by atoms with Crippen LogP contribution < -0.4 is 10.2 Å². The van der Waals surface area contributed by atoms with E-state index in [-0.39, 0.29) is 12.0 Å². The van der Waals surface area contributed by atoms with Crippen molar-refractivity contribution in [2.45, 2.75) is 32.5 Å². The molecule has 2 aliphatic rings. The minimum absolute atomic E-state index is 0.00949. The number of fused-ring (bicyclic) bond motifs is 3. The molecule has 0 bridgehead atoms. The number of para-hydroxylation sites is 1. The van der Waals surface area contributed by atoms with Gasteiger partial charge in [-0.15, -0.1) is 0 Å². The lowest BCUT2D eigenvalue weighted by Gasteiger charge is -2.38. The van der Waals surface area contributed by atoms with Gasteiger partial charge in [0.25, 0.3) is 11.9 Å². The Morgan fingerprint density at radius 1 is 0.951 bits per heavy atom. The molecular formula is C34H34ClN3O3. The molecule has 0 spiro atoms. The van der Waals surface area contributed by atoms with Gasteiger partial charge in [-0.2, -0.15) is 0 Å². The van der Waals surface area contributed by atoms with E-state index in [1.807, 2.05) is 113 Å². The number of amides is 1. The third-order valence-electron chi connectivity index (χ3n) is 7.36. The highest BCUT2D eigenvalue weighted by Gasteiger charge is 2.38. The number of carbonyl (C=O) groups excluding carboxylic acids is 1. The lowest BCUT2D eigenvalue weighted by Crippen LogP contribution is -2.39. The number of nitrogens with zero attached hydrogens (tertiary/aromatic N) is 2. The number of aliphatic imine (C=N–C) groups is 1. The molecule has 0 saturated carbocycles. The number of nitrogens with one attached hydrogen (secondary N) is 1. The van der Waals surface area contributed by atoms with Gasteiger partial charge in [-0.3, -0.25) is 4.79 Å². The Hall–Kier alpha value is -4.13. The van der Waals surface area contributed by atoms with Crippen LogP contribution in [0.3, 0.4) is 0 Å². The number of hydrogen-bond acceptors (Lipinski definition) is 4. The lowest BCUT2D eigenvalue weighted by molar-refractivity contribution is 0.0901. The quantitative estimate of drug-likeness (QED) is 0.273. The summed E-state index contributed by atoms with van der Waals surface area (Å²) < 4.78 is 12.1. The number of amidine groups is 1. The summed E-state index contributed by atoms with van der Waals surface area (Å²) in [5.41, 5.74) is 6.04. The Labute approximate surface area is 246 Å². The Bertz CT molecular complexity index is 1570. The summed E-state index contributed by atoms with van der Waals surface area (Å²) in [5.74, 6) is 0.00949. The maximum atomic E-state index is 12.6. The molecule has 0 radical (unpaired) electrons. The second kappa shape index (κ2) is 12.2. The van der Waals surface area contributed by atoms with Crippen molar-refractivity contribution in [3.05, 3.63) is 130 Å². The van der Waals surface area contributed by atoms with Gasteiger partial charge in [0.05, 0.1) is 0 Å². The number of ether oxygens (including phenoxy) is 2. The van der Waals surface area contributed by atoms with Crippen LogP contribution in [0.5, 0.6) is 0 Å². The minimum atomic E-state index is -0.610. The first-order chi connectivity index (χ1) is 19.9. The van der Waals surface area contributed by atoms with Crippen LogP contribution in [-0.2, 0) is 15.1 Å². The van der Waals surface area contributed by atoms with E-state index < -0.39 is 5.60 Å². The topological polar surface area (TPSA) is 63.2 Å². The third-order valence-corrected chi connectivity index (χ3v) is 7.59. The number of anilines is 2. The maximum absolute atomic E-state index is 12.6. The molecule has 4 aromatic carbocycles. The van der Waals surface area contributed by atoms with Crippen LogP contribution in [0.4, 0.5) is 11.4 Å². The second-order valence-electron chi connectivity index (χ2n) is 9.94. The van der Waals surface area contributed by atoms with Gasteiger partial charge in [0.2, 0.25) is 0 Å². The highest BCUT2D eigenvalue weighted by molar-refractivity contribution is 6.30. The summed E-state index contributed by atoms with van der Waals surface area (Å²) in [5, 5.41) is 3.91. The standard InChI is InChI=1S/C17H17ClN2O.C17H17NO2/c1-3-19-16-20-15-10-9-13(18)11-14(15)17(2,21-16)12-7-5-4-6-8-12;1-3-20-16-12-8-4-5-9-13(12)17(19)18(2)15-11-7-6-10-14(15)16/h4-11H,3H2,1-2H3,(H,19,20);4-11,16H,3H2,1-2H3. The highest BCUT2D eigenvalue weighted by atomic mass is 35.5. The van der Waals surface area contributed by atoms with Gasteiger partial charge in [-0.25, -0.2) is 4.99 Å². The number of halogens is 1.